The molecule has 9 heteroatoms. The van der Waals surface area contributed by atoms with Crippen molar-refractivity contribution in [1.29, 1.82) is 0 Å². The predicted molar refractivity (Wildman–Crippen MR) is 110 cm³/mol. The maximum Gasteiger partial charge on any atom is 0.291 e. The summed E-state index contributed by atoms with van der Waals surface area (Å²) in [6.07, 6.45) is 1.41. The molecule has 0 aliphatic carbocycles. The molecule has 0 spiro atoms. The van der Waals surface area contributed by atoms with Gasteiger partial charge in [0.1, 0.15) is 5.82 Å². The van der Waals surface area contributed by atoms with E-state index in [1.807, 2.05) is 0 Å². The van der Waals surface area contributed by atoms with E-state index in [4.69, 9.17) is 16.6 Å². The first-order valence-electron chi connectivity index (χ1n) is 8.55. The Morgan fingerprint density at radius 2 is 1.66 bits per heavy atom. The number of hydrogen-bond acceptors (Lipinski definition) is 4. The maximum absolute atomic E-state index is 12.9. The molecule has 148 valence electrons. The fourth-order valence-corrected chi connectivity index (χ4v) is 2.44. The fraction of sp³-hybridized carbons (Fsp3) is 0.0500. The minimum Gasteiger partial charge on any atom is -0.459 e. The zero-order chi connectivity index (χ0) is 20.6. The predicted octanol–water partition coefficient (Wildman–Crippen LogP) is 2.98. The number of halogens is 1. The quantitative estimate of drug-likeness (QED) is 0.380. The van der Waals surface area contributed by atoms with E-state index in [1.165, 1.54) is 18.4 Å². The van der Waals surface area contributed by atoms with Gasteiger partial charge in [-0.25, -0.2) is 4.39 Å². The standard InChI is InChI=1S/C20H17FN4O3S/c21-15-7-3-13(4-8-15)12-22-20(29)25-24-18(26)14-5-9-16(10-6-14)23-19(27)17-2-1-11-28-17/h1-11H,12H2,(H,23,27)(H,24,26)(H2,22,25,29). The Kier molecular flexibility index (Phi) is 6.54. The van der Waals surface area contributed by atoms with Crippen LogP contribution in [0.4, 0.5) is 10.1 Å². The first-order chi connectivity index (χ1) is 14.0. The van der Waals surface area contributed by atoms with Crippen molar-refractivity contribution in [3.8, 4) is 0 Å². The van der Waals surface area contributed by atoms with Crippen LogP contribution in [-0.2, 0) is 6.54 Å². The van der Waals surface area contributed by atoms with Crippen molar-refractivity contribution in [2.45, 2.75) is 6.54 Å². The smallest absolute Gasteiger partial charge is 0.291 e. The van der Waals surface area contributed by atoms with Crippen molar-refractivity contribution in [3.63, 3.8) is 0 Å². The molecule has 2 aromatic carbocycles. The Morgan fingerprint density at radius 3 is 2.31 bits per heavy atom. The van der Waals surface area contributed by atoms with Gasteiger partial charge in [-0.15, -0.1) is 0 Å². The topological polar surface area (TPSA) is 95.4 Å². The Bertz CT molecular complexity index is 990. The van der Waals surface area contributed by atoms with Crippen molar-refractivity contribution in [2.75, 3.05) is 5.32 Å². The van der Waals surface area contributed by atoms with Gasteiger partial charge in [0.25, 0.3) is 11.8 Å². The molecule has 7 nitrogen and oxygen atoms in total. The van der Waals surface area contributed by atoms with Gasteiger partial charge in [-0.05, 0) is 66.3 Å². The monoisotopic (exact) mass is 412 g/mol. The molecule has 0 bridgehead atoms. The second kappa shape index (κ2) is 9.47. The minimum atomic E-state index is -0.403. The third-order valence-electron chi connectivity index (χ3n) is 3.81. The van der Waals surface area contributed by atoms with Gasteiger partial charge in [-0.2, -0.15) is 0 Å². The minimum absolute atomic E-state index is 0.192. The van der Waals surface area contributed by atoms with E-state index in [2.05, 4.69) is 21.5 Å². The lowest BCUT2D eigenvalue weighted by atomic mass is 10.2. The number of hydrazine groups is 1. The Morgan fingerprint density at radius 1 is 0.931 bits per heavy atom. The van der Waals surface area contributed by atoms with Crippen molar-refractivity contribution in [3.05, 3.63) is 89.6 Å². The summed E-state index contributed by atoms with van der Waals surface area (Å²) in [4.78, 5) is 24.1. The lowest BCUT2D eigenvalue weighted by Crippen LogP contribution is -2.46. The summed E-state index contributed by atoms with van der Waals surface area (Å²) in [6.45, 7) is 0.381. The molecule has 0 saturated heterocycles. The highest BCUT2D eigenvalue weighted by molar-refractivity contribution is 7.80. The SMILES string of the molecule is O=C(NNC(=S)NCc1ccc(F)cc1)c1ccc(NC(=O)c2ccco2)cc1. The second-order valence-electron chi connectivity index (χ2n) is 5.90. The van der Waals surface area contributed by atoms with Gasteiger partial charge in [0, 0.05) is 17.8 Å². The molecule has 0 atom stereocenters. The molecule has 4 N–H and O–H groups in total. The Hall–Kier alpha value is -3.72. The first-order valence-corrected chi connectivity index (χ1v) is 8.95. The fourth-order valence-electron chi connectivity index (χ4n) is 2.32. The average Bonchev–Trinajstić information content (AvgIpc) is 3.27. The molecule has 0 saturated carbocycles. The zero-order valence-corrected chi connectivity index (χ0v) is 15.9. The van der Waals surface area contributed by atoms with Crippen LogP contribution in [0.25, 0.3) is 0 Å². The zero-order valence-electron chi connectivity index (χ0n) is 15.1. The van der Waals surface area contributed by atoms with Crippen LogP contribution >= 0.6 is 12.2 Å². The number of furan rings is 1. The van der Waals surface area contributed by atoms with Crippen molar-refractivity contribution in [1.82, 2.24) is 16.2 Å². The molecule has 0 aliphatic rings. The van der Waals surface area contributed by atoms with E-state index in [1.54, 1.807) is 48.5 Å². The van der Waals surface area contributed by atoms with Gasteiger partial charge in [0.2, 0.25) is 0 Å². The van der Waals surface area contributed by atoms with Crippen molar-refractivity contribution >= 4 is 34.8 Å². The summed E-state index contributed by atoms with van der Waals surface area (Å²) in [5, 5.41) is 5.77. The number of anilines is 1. The van der Waals surface area contributed by atoms with Gasteiger partial charge >= 0.3 is 0 Å². The third-order valence-corrected chi connectivity index (χ3v) is 4.05. The lowest BCUT2D eigenvalue weighted by Gasteiger charge is -2.12. The van der Waals surface area contributed by atoms with Crippen LogP contribution in [-0.4, -0.2) is 16.9 Å². The van der Waals surface area contributed by atoms with Crippen LogP contribution in [0.3, 0.4) is 0 Å². The van der Waals surface area contributed by atoms with Crippen LogP contribution < -0.4 is 21.5 Å². The number of thiocarbonyl (C=S) groups is 1. The van der Waals surface area contributed by atoms with Gasteiger partial charge < -0.3 is 15.1 Å². The molecule has 3 rings (SSSR count). The van der Waals surface area contributed by atoms with Crippen LogP contribution in [0.2, 0.25) is 0 Å². The highest BCUT2D eigenvalue weighted by Crippen LogP contribution is 2.11. The highest BCUT2D eigenvalue weighted by atomic mass is 32.1. The number of hydrogen-bond donors (Lipinski definition) is 4. The van der Waals surface area contributed by atoms with Crippen LogP contribution in [0.1, 0.15) is 26.5 Å². The summed E-state index contributed by atoms with van der Waals surface area (Å²) >= 11 is 5.09. The molecular formula is C20H17FN4O3S. The first kappa shape index (κ1) is 20.0. The summed E-state index contributed by atoms with van der Waals surface area (Å²) in [5.74, 6) is -0.905. The van der Waals surface area contributed by atoms with E-state index in [9.17, 15) is 14.0 Å². The molecule has 0 fully saturated rings. The summed E-state index contributed by atoms with van der Waals surface area (Å²) < 4.78 is 17.9. The number of carbonyl (C=O) groups is 2. The van der Waals surface area contributed by atoms with E-state index in [0.717, 1.165) is 5.56 Å². The number of amides is 2. The Labute approximate surface area is 171 Å². The van der Waals surface area contributed by atoms with Gasteiger partial charge in [-0.3, -0.25) is 20.4 Å². The van der Waals surface area contributed by atoms with Crippen LogP contribution in [0, 0.1) is 5.82 Å². The number of benzene rings is 2. The molecule has 1 aromatic heterocycles. The largest absolute Gasteiger partial charge is 0.459 e. The maximum atomic E-state index is 12.9. The molecule has 2 amide bonds. The van der Waals surface area contributed by atoms with Crippen LogP contribution in [0.15, 0.2) is 71.3 Å². The van der Waals surface area contributed by atoms with E-state index in [0.29, 0.717) is 17.8 Å². The number of carbonyl (C=O) groups excluding carboxylic acids is 2. The molecule has 29 heavy (non-hydrogen) atoms. The summed E-state index contributed by atoms with van der Waals surface area (Å²) in [7, 11) is 0. The molecule has 0 radical (unpaired) electrons. The summed E-state index contributed by atoms with van der Waals surface area (Å²) in [6, 6.07) is 15.5. The molecule has 3 aromatic rings. The van der Waals surface area contributed by atoms with Crippen molar-refractivity contribution < 1.29 is 18.4 Å². The second-order valence-corrected chi connectivity index (χ2v) is 6.31. The molecular weight excluding hydrogens is 395 g/mol. The highest BCUT2D eigenvalue weighted by Gasteiger charge is 2.10. The number of nitrogens with one attached hydrogen (secondary N) is 4. The molecule has 1 heterocycles. The van der Waals surface area contributed by atoms with E-state index < -0.39 is 5.91 Å². The normalized spacial score (nSPS) is 10.1. The average molecular weight is 412 g/mol. The van der Waals surface area contributed by atoms with Gasteiger partial charge in [0.15, 0.2) is 10.9 Å². The summed E-state index contributed by atoms with van der Waals surface area (Å²) in [5.41, 5.74) is 6.80. The lowest BCUT2D eigenvalue weighted by molar-refractivity contribution is 0.0943. The van der Waals surface area contributed by atoms with E-state index in [-0.39, 0.29) is 22.6 Å². The van der Waals surface area contributed by atoms with E-state index >= 15 is 0 Å². The Balaban J connectivity index is 1.44. The van der Waals surface area contributed by atoms with Gasteiger partial charge in [0.05, 0.1) is 6.26 Å². The molecule has 0 aliphatic heterocycles. The van der Waals surface area contributed by atoms with Crippen LogP contribution in [0.5, 0.6) is 0 Å². The van der Waals surface area contributed by atoms with Crippen molar-refractivity contribution in [2.24, 2.45) is 0 Å². The number of rotatable bonds is 5. The molecule has 0 unspecified atom stereocenters. The van der Waals surface area contributed by atoms with Gasteiger partial charge in [-0.1, -0.05) is 12.1 Å². The third kappa shape index (κ3) is 5.88.